The first-order valence-electron chi connectivity index (χ1n) is 6.43. The monoisotopic (exact) mass is 311 g/mol. The third-order valence-electron chi connectivity index (χ3n) is 2.90. The van der Waals surface area contributed by atoms with E-state index in [4.69, 9.17) is 5.26 Å². The Balaban J connectivity index is 2.21. The van der Waals surface area contributed by atoms with Crippen molar-refractivity contribution in [2.75, 3.05) is 5.32 Å². The number of carbonyl (C=O) groups excluding carboxylic acids is 1. The van der Waals surface area contributed by atoms with Crippen LogP contribution in [0.25, 0.3) is 6.08 Å². The number of rotatable bonds is 4. The molecule has 0 atom stereocenters. The standard InChI is InChI=1S/C16H10FN3O3/c17-14-3-1-2-4-15(14)19-16(21)12(10-18)9-11-5-7-13(8-6-11)20(22)23/h1-9H,(H,19,21)/b12-9+. The molecule has 0 heterocycles. The molecule has 23 heavy (non-hydrogen) atoms. The Morgan fingerprint density at radius 1 is 1.22 bits per heavy atom. The Bertz CT molecular complexity index is 823. The molecule has 0 radical (unpaired) electrons. The molecule has 0 unspecified atom stereocenters. The van der Waals surface area contributed by atoms with Gasteiger partial charge in [0.05, 0.1) is 10.6 Å². The molecule has 0 aliphatic rings. The number of nitrogens with one attached hydrogen (secondary N) is 1. The summed E-state index contributed by atoms with van der Waals surface area (Å²) >= 11 is 0. The van der Waals surface area contributed by atoms with Crippen LogP contribution in [0.2, 0.25) is 0 Å². The lowest BCUT2D eigenvalue weighted by molar-refractivity contribution is -0.384. The molecule has 2 aromatic rings. The second-order valence-electron chi connectivity index (χ2n) is 4.45. The van der Waals surface area contributed by atoms with Gasteiger partial charge in [0.15, 0.2) is 0 Å². The number of hydrogen-bond acceptors (Lipinski definition) is 4. The number of non-ortho nitro benzene ring substituents is 1. The van der Waals surface area contributed by atoms with Crippen LogP contribution in [0.15, 0.2) is 54.1 Å². The zero-order valence-electron chi connectivity index (χ0n) is 11.7. The van der Waals surface area contributed by atoms with E-state index in [0.717, 1.165) is 0 Å². The quantitative estimate of drug-likeness (QED) is 0.405. The molecule has 2 rings (SSSR count). The highest BCUT2D eigenvalue weighted by atomic mass is 19.1. The Hall–Kier alpha value is -3.53. The summed E-state index contributed by atoms with van der Waals surface area (Å²) in [4.78, 5) is 22.0. The van der Waals surface area contributed by atoms with Gasteiger partial charge in [-0.15, -0.1) is 0 Å². The number of nitriles is 1. The number of nitro benzene ring substituents is 1. The zero-order chi connectivity index (χ0) is 16.8. The molecule has 0 bridgehead atoms. The van der Waals surface area contributed by atoms with Crippen molar-refractivity contribution in [1.29, 1.82) is 5.26 Å². The number of carbonyl (C=O) groups is 1. The Kier molecular flexibility index (Phi) is 4.79. The maximum absolute atomic E-state index is 13.5. The maximum Gasteiger partial charge on any atom is 0.269 e. The number of nitro groups is 1. The molecule has 2 aromatic carbocycles. The molecular formula is C16H10FN3O3. The second kappa shape index (κ2) is 6.95. The fourth-order valence-electron chi connectivity index (χ4n) is 1.76. The Morgan fingerprint density at radius 2 is 1.87 bits per heavy atom. The zero-order valence-corrected chi connectivity index (χ0v) is 11.7. The molecule has 114 valence electrons. The molecule has 0 aromatic heterocycles. The normalized spacial score (nSPS) is 10.7. The summed E-state index contributed by atoms with van der Waals surface area (Å²) < 4.78 is 13.5. The number of halogens is 1. The summed E-state index contributed by atoms with van der Waals surface area (Å²) in [6.07, 6.45) is 1.26. The molecule has 0 saturated carbocycles. The van der Waals surface area contributed by atoms with Crippen molar-refractivity contribution in [3.63, 3.8) is 0 Å². The predicted molar refractivity (Wildman–Crippen MR) is 81.7 cm³/mol. The molecule has 0 fully saturated rings. The maximum atomic E-state index is 13.5. The van der Waals surface area contributed by atoms with Gasteiger partial charge in [-0.25, -0.2) is 4.39 Å². The van der Waals surface area contributed by atoms with Gasteiger partial charge in [0.2, 0.25) is 0 Å². The Labute approximate surface area is 130 Å². The van der Waals surface area contributed by atoms with Gasteiger partial charge in [-0.2, -0.15) is 5.26 Å². The third kappa shape index (κ3) is 3.98. The minimum Gasteiger partial charge on any atom is -0.319 e. The molecule has 0 aliphatic heterocycles. The van der Waals surface area contributed by atoms with Crippen LogP contribution < -0.4 is 5.32 Å². The van der Waals surface area contributed by atoms with Crippen LogP contribution in [0.4, 0.5) is 15.8 Å². The number of benzene rings is 2. The van der Waals surface area contributed by atoms with Crippen LogP contribution in [0.3, 0.4) is 0 Å². The van der Waals surface area contributed by atoms with E-state index in [1.807, 2.05) is 0 Å². The number of amides is 1. The van der Waals surface area contributed by atoms with E-state index in [1.165, 1.54) is 48.5 Å². The van der Waals surface area contributed by atoms with Crippen molar-refractivity contribution in [3.8, 4) is 6.07 Å². The third-order valence-corrected chi connectivity index (χ3v) is 2.90. The van der Waals surface area contributed by atoms with Gasteiger partial charge in [0.1, 0.15) is 17.5 Å². The minimum absolute atomic E-state index is 0.0395. The topological polar surface area (TPSA) is 96.0 Å². The number of anilines is 1. The summed E-state index contributed by atoms with van der Waals surface area (Å²) in [7, 11) is 0. The van der Waals surface area contributed by atoms with Crippen molar-refractivity contribution in [2.24, 2.45) is 0 Å². The summed E-state index contributed by atoms with van der Waals surface area (Å²) in [6, 6.07) is 12.6. The van der Waals surface area contributed by atoms with Crippen molar-refractivity contribution in [2.45, 2.75) is 0 Å². The van der Waals surface area contributed by atoms with Gasteiger partial charge < -0.3 is 5.32 Å². The van der Waals surface area contributed by atoms with E-state index in [1.54, 1.807) is 12.1 Å². The molecule has 0 spiro atoms. The predicted octanol–water partition coefficient (Wildman–Crippen LogP) is 3.28. The molecular weight excluding hydrogens is 301 g/mol. The summed E-state index contributed by atoms with van der Waals surface area (Å²) in [5, 5.41) is 21.9. The van der Waals surface area contributed by atoms with Crippen LogP contribution in [-0.4, -0.2) is 10.8 Å². The first-order chi connectivity index (χ1) is 11.0. The van der Waals surface area contributed by atoms with Crippen molar-refractivity contribution in [3.05, 3.63) is 75.6 Å². The van der Waals surface area contributed by atoms with Crippen LogP contribution >= 0.6 is 0 Å². The first kappa shape index (κ1) is 15.9. The Morgan fingerprint density at radius 3 is 2.43 bits per heavy atom. The summed E-state index contributed by atoms with van der Waals surface area (Å²) in [6.45, 7) is 0. The van der Waals surface area contributed by atoms with Crippen molar-refractivity contribution >= 4 is 23.4 Å². The van der Waals surface area contributed by atoms with E-state index in [9.17, 15) is 19.3 Å². The fraction of sp³-hybridized carbons (Fsp3) is 0. The molecule has 1 N–H and O–H groups in total. The lowest BCUT2D eigenvalue weighted by Gasteiger charge is -2.05. The molecule has 0 saturated heterocycles. The van der Waals surface area contributed by atoms with Gasteiger partial charge in [-0.3, -0.25) is 14.9 Å². The largest absolute Gasteiger partial charge is 0.319 e. The first-order valence-corrected chi connectivity index (χ1v) is 6.43. The van der Waals surface area contributed by atoms with Crippen LogP contribution in [0.5, 0.6) is 0 Å². The number of para-hydroxylation sites is 1. The van der Waals surface area contributed by atoms with Gasteiger partial charge in [0.25, 0.3) is 11.6 Å². The van der Waals surface area contributed by atoms with Crippen molar-refractivity contribution in [1.82, 2.24) is 0 Å². The van der Waals surface area contributed by atoms with Gasteiger partial charge in [-0.1, -0.05) is 12.1 Å². The van der Waals surface area contributed by atoms with E-state index < -0.39 is 16.6 Å². The summed E-state index contributed by atoms with van der Waals surface area (Å²) in [5.41, 5.74) is 0.0526. The number of nitrogens with zero attached hydrogens (tertiary/aromatic N) is 2. The van der Waals surface area contributed by atoms with Crippen LogP contribution in [0, 0.1) is 27.3 Å². The van der Waals surface area contributed by atoms with Gasteiger partial charge in [-0.05, 0) is 35.9 Å². The lowest BCUT2D eigenvalue weighted by atomic mass is 10.1. The SMILES string of the molecule is N#C/C(=C\c1ccc([N+](=O)[O-])cc1)C(=O)Nc1ccccc1F. The highest BCUT2D eigenvalue weighted by molar-refractivity contribution is 6.09. The molecule has 6 nitrogen and oxygen atoms in total. The van der Waals surface area contributed by atoms with Gasteiger partial charge in [0, 0.05) is 12.1 Å². The molecule has 1 amide bonds. The van der Waals surface area contributed by atoms with E-state index in [-0.39, 0.29) is 16.9 Å². The smallest absolute Gasteiger partial charge is 0.269 e. The highest BCUT2D eigenvalue weighted by Crippen LogP contribution is 2.16. The molecule has 0 aliphatic carbocycles. The van der Waals surface area contributed by atoms with Crippen LogP contribution in [0.1, 0.15) is 5.56 Å². The summed E-state index contributed by atoms with van der Waals surface area (Å²) in [5.74, 6) is -1.38. The second-order valence-corrected chi connectivity index (χ2v) is 4.45. The highest BCUT2D eigenvalue weighted by Gasteiger charge is 2.12. The fourth-order valence-corrected chi connectivity index (χ4v) is 1.76. The number of hydrogen-bond donors (Lipinski definition) is 1. The van der Waals surface area contributed by atoms with Gasteiger partial charge >= 0.3 is 0 Å². The van der Waals surface area contributed by atoms with Crippen LogP contribution in [-0.2, 0) is 4.79 Å². The lowest BCUT2D eigenvalue weighted by Crippen LogP contribution is -2.14. The van der Waals surface area contributed by atoms with E-state index in [0.29, 0.717) is 5.56 Å². The van der Waals surface area contributed by atoms with Crippen molar-refractivity contribution < 1.29 is 14.1 Å². The molecule has 7 heteroatoms. The average Bonchev–Trinajstić information content (AvgIpc) is 2.55. The van der Waals surface area contributed by atoms with E-state index in [2.05, 4.69) is 5.32 Å². The minimum atomic E-state index is -0.768. The van der Waals surface area contributed by atoms with E-state index >= 15 is 0 Å². The average molecular weight is 311 g/mol.